The molecule has 0 unspecified atom stereocenters. The van der Waals surface area contributed by atoms with E-state index in [0.29, 0.717) is 17.7 Å². The fraction of sp³-hybridized carbons (Fsp3) is 0.333. The fourth-order valence-corrected chi connectivity index (χ4v) is 6.12. The molecule has 2 aliphatic rings. The van der Waals surface area contributed by atoms with Gasteiger partial charge in [-0.1, -0.05) is 24.3 Å². The van der Waals surface area contributed by atoms with E-state index >= 15 is 0 Å². The van der Waals surface area contributed by atoms with E-state index in [1.54, 1.807) is 6.20 Å². The van der Waals surface area contributed by atoms with Crippen LogP contribution < -0.4 is 10.2 Å². The maximum Gasteiger partial charge on any atom is 0.182 e. The average Bonchev–Trinajstić information content (AvgIpc) is 3.48. The zero-order valence-corrected chi connectivity index (χ0v) is 24.3. The minimum absolute atomic E-state index is 0.556. The van der Waals surface area contributed by atoms with Gasteiger partial charge in [-0.15, -0.1) is 0 Å². The van der Waals surface area contributed by atoms with E-state index in [-0.39, 0.29) is 0 Å². The van der Waals surface area contributed by atoms with Crippen LogP contribution in [0, 0.1) is 6.92 Å². The monoisotopic (exact) mass is 559 g/mol. The van der Waals surface area contributed by atoms with Crippen molar-refractivity contribution in [3.8, 4) is 17.2 Å². The summed E-state index contributed by atoms with van der Waals surface area (Å²) in [5.74, 6) is 1.27. The Kier molecular flexibility index (Phi) is 7.27. The Hall–Kier alpha value is -4.34. The van der Waals surface area contributed by atoms with Crippen molar-refractivity contribution in [3.05, 3.63) is 84.7 Å². The van der Waals surface area contributed by atoms with E-state index in [1.165, 1.54) is 44.7 Å². The summed E-state index contributed by atoms with van der Waals surface area (Å²) in [4.78, 5) is 22.0. The molecule has 0 aliphatic carbocycles. The van der Waals surface area contributed by atoms with Gasteiger partial charge in [0, 0.05) is 62.9 Å². The molecule has 7 rings (SSSR count). The number of fused-ring (bicyclic) bond motifs is 1. The number of hydrogen-bond acceptors (Lipinski definition) is 8. The predicted molar refractivity (Wildman–Crippen MR) is 169 cm³/mol. The third-order valence-corrected chi connectivity index (χ3v) is 8.70. The van der Waals surface area contributed by atoms with Crippen LogP contribution in [0.4, 0.5) is 17.2 Å². The number of aryl methyl sites for hydroxylation is 1. The lowest BCUT2D eigenvalue weighted by Crippen LogP contribution is -2.52. The van der Waals surface area contributed by atoms with Crippen molar-refractivity contribution in [1.82, 2.24) is 34.5 Å². The maximum atomic E-state index is 4.94. The van der Waals surface area contributed by atoms with Gasteiger partial charge in [0.05, 0.1) is 17.3 Å². The second-order valence-electron chi connectivity index (χ2n) is 11.4. The topological polar surface area (TPSA) is 78.2 Å². The molecular weight excluding hydrogens is 522 g/mol. The Labute approximate surface area is 246 Å². The van der Waals surface area contributed by atoms with E-state index in [1.807, 2.05) is 41.2 Å². The Morgan fingerprint density at radius 2 is 1.52 bits per heavy atom. The van der Waals surface area contributed by atoms with Gasteiger partial charge in [-0.3, -0.25) is 9.88 Å². The van der Waals surface area contributed by atoms with Gasteiger partial charge in [-0.05, 0) is 74.8 Å². The Morgan fingerprint density at radius 3 is 2.26 bits per heavy atom. The van der Waals surface area contributed by atoms with Crippen LogP contribution in [0.3, 0.4) is 0 Å². The number of pyridine rings is 1. The maximum absolute atomic E-state index is 4.94. The van der Waals surface area contributed by atoms with Gasteiger partial charge in [0.2, 0.25) is 0 Å². The molecule has 5 heterocycles. The smallest absolute Gasteiger partial charge is 0.182 e. The van der Waals surface area contributed by atoms with Crippen LogP contribution in [0.2, 0.25) is 0 Å². The number of nitrogens with zero attached hydrogens (tertiary/aromatic N) is 8. The van der Waals surface area contributed by atoms with Gasteiger partial charge in [-0.2, -0.15) is 5.10 Å². The predicted octanol–water partition coefficient (Wildman–Crippen LogP) is 5.15. The summed E-state index contributed by atoms with van der Waals surface area (Å²) in [6, 6.07) is 23.4. The molecule has 1 N–H and O–H groups in total. The minimum Gasteiger partial charge on any atom is -0.371 e. The Morgan fingerprint density at radius 1 is 0.786 bits per heavy atom. The van der Waals surface area contributed by atoms with Crippen LogP contribution in [0.1, 0.15) is 18.4 Å². The first-order chi connectivity index (χ1) is 20.6. The SMILES string of the molecule is Cc1ccccc1Nc1nc(-c2ccccn2)nc2c1cnn2-c1ccc(N2CCC(N3CCN(C)CC3)CC2)cc1. The summed E-state index contributed by atoms with van der Waals surface area (Å²) in [5.41, 5.74) is 5.82. The number of piperidine rings is 1. The molecule has 2 saturated heterocycles. The molecule has 9 heteroatoms. The normalized spacial score (nSPS) is 17.1. The highest BCUT2D eigenvalue weighted by Crippen LogP contribution is 2.30. The van der Waals surface area contributed by atoms with E-state index in [0.717, 1.165) is 46.8 Å². The van der Waals surface area contributed by atoms with Crippen LogP contribution in [0.5, 0.6) is 0 Å². The first-order valence-electron chi connectivity index (χ1n) is 14.9. The number of piperazine rings is 1. The Bertz CT molecular complexity index is 1650. The number of likely N-dealkylation sites (N-methyl/N-ethyl adjacent to an activating group) is 1. The molecule has 42 heavy (non-hydrogen) atoms. The fourth-order valence-electron chi connectivity index (χ4n) is 6.12. The number of hydrogen-bond donors (Lipinski definition) is 1. The molecule has 9 nitrogen and oxygen atoms in total. The standard InChI is InChI=1S/C33H37N9/c1-24-7-3-4-8-29(24)36-31-28-23-35-42(33(28)38-32(37-31)30-9-5-6-16-34-30)27-12-10-25(11-13-27)40-17-14-26(15-18-40)41-21-19-39(2)20-22-41/h3-13,16,23,26H,14-15,17-22H2,1-2H3,(H,36,37,38). The summed E-state index contributed by atoms with van der Waals surface area (Å²) in [6.45, 7) is 9.03. The molecule has 0 spiro atoms. The highest BCUT2D eigenvalue weighted by molar-refractivity contribution is 5.91. The van der Waals surface area contributed by atoms with Crippen molar-refractivity contribution in [2.45, 2.75) is 25.8 Å². The summed E-state index contributed by atoms with van der Waals surface area (Å²) in [6.07, 6.45) is 6.05. The lowest BCUT2D eigenvalue weighted by molar-refractivity contribution is 0.0982. The summed E-state index contributed by atoms with van der Waals surface area (Å²) >= 11 is 0. The lowest BCUT2D eigenvalue weighted by Gasteiger charge is -2.42. The van der Waals surface area contributed by atoms with Crippen LogP contribution in [0.15, 0.2) is 79.1 Å². The lowest BCUT2D eigenvalue weighted by atomic mass is 10.0. The van der Waals surface area contributed by atoms with Crippen molar-refractivity contribution < 1.29 is 0 Å². The molecular formula is C33H37N9. The second kappa shape index (κ2) is 11.5. The number of para-hydroxylation sites is 1. The third kappa shape index (κ3) is 5.33. The molecule has 0 saturated carbocycles. The van der Waals surface area contributed by atoms with Crippen molar-refractivity contribution in [1.29, 1.82) is 0 Å². The van der Waals surface area contributed by atoms with Gasteiger partial charge in [0.25, 0.3) is 0 Å². The average molecular weight is 560 g/mol. The van der Waals surface area contributed by atoms with Crippen molar-refractivity contribution in [2.75, 3.05) is 56.5 Å². The number of benzene rings is 2. The van der Waals surface area contributed by atoms with Crippen LogP contribution in [0.25, 0.3) is 28.2 Å². The summed E-state index contributed by atoms with van der Waals surface area (Å²) < 4.78 is 1.90. The first-order valence-corrected chi connectivity index (χ1v) is 14.9. The molecule has 0 amide bonds. The molecule has 3 aromatic heterocycles. The summed E-state index contributed by atoms with van der Waals surface area (Å²) in [7, 11) is 2.23. The molecule has 2 aromatic carbocycles. The van der Waals surface area contributed by atoms with Crippen molar-refractivity contribution >= 4 is 28.2 Å². The first kappa shape index (κ1) is 26.6. The number of nitrogens with one attached hydrogen (secondary N) is 1. The number of rotatable bonds is 6. The van der Waals surface area contributed by atoms with Crippen LogP contribution >= 0.6 is 0 Å². The Balaban J connectivity index is 1.15. The zero-order valence-electron chi connectivity index (χ0n) is 24.3. The second-order valence-corrected chi connectivity index (χ2v) is 11.4. The molecule has 214 valence electrons. The van der Waals surface area contributed by atoms with E-state index in [9.17, 15) is 0 Å². The molecule has 0 bridgehead atoms. The third-order valence-electron chi connectivity index (χ3n) is 8.70. The van der Waals surface area contributed by atoms with E-state index < -0.39 is 0 Å². The van der Waals surface area contributed by atoms with Gasteiger partial charge in [0.1, 0.15) is 11.5 Å². The molecule has 2 aliphatic heterocycles. The van der Waals surface area contributed by atoms with Crippen molar-refractivity contribution in [2.24, 2.45) is 0 Å². The minimum atomic E-state index is 0.556. The van der Waals surface area contributed by atoms with Crippen LogP contribution in [-0.4, -0.2) is 86.9 Å². The highest BCUT2D eigenvalue weighted by Gasteiger charge is 2.27. The van der Waals surface area contributed by atoms with Crippen LogP contribution in [-0.2, 0) is 0 Å². The molecule has 0 atom stereocenters. The quantitative estimate of drug-likeness (QED) is 0.306. The van der Waals surface area contributed by atoms with Gasteiger partial charge >= 0.3 is 0 Å². The van der Waals surface area contributed by atoms with Crippen molar-refractivity contribution in [3.63, 3.8) is 0 Å². The largest absolute Gasteiger partial charge is 0.371 e. The summed E-state index contributed by atoms with van der Waals surface area (Å²) in [5, 5.41) is 9.15. The van der Waals surface area contributed by atoms with Gasteiger partial charge < -0.3 is 15.1 Å². The molecule has 2 fully saturated rings. The van der Waals surface area contributed by atoms with Gasteiger partial charge in [-0.25, -0.2) is 14.6 Å². The zero-order chi connectivity index (χ0) is 28.5. The van der Waals surface area contributed by atoms with Gasteiger partial charge in [0.15, 0.2) is 11.5 Å². The number of aromatic nitrogens is 5. The van der Waals surface area contributed by atoms with E-state index in [2.05, 4.69) is 75.4 Å². The van der Waals surface area contributed by atoms with E-state index in [4.69, 9.17) is 15.1 Å². The highest BCUT2D eigenvalue weighted by atomic mass is 15.3. The number of anilines is 3. The molecule has 0 radical (unpaired) electrons. The molecule has 5 aromatic rings.